The summed E-state index contributed by atoms with van der Waals surface area (Å²) < 4.78 is 10.6. The van der Waals surface area contributed by atoms with Crippen molar-refractivity contribution >= 4 is 11.8 Å². The van der Waals surface area contributed by atoms with E-state index in [0.717, 1.165) is 31.3 Å². The first-order valence-electron chi connectivity index (χ1n) is 5.88. The molecular formula is C13H19NO2S. The van der Waals surface area contributed by atoms with Gasteiger partial charge in [-0.05, 0) is 30.7 Å². The van der Waals surface area contributed by atoms with Crippen LogP contribution >= 0.6 is 11.8 Å². The summed E-state index contributed by atoms with van der Waals surface area (Å²) in [4.78, 5) is 1.32. The molecule has 1 aliphatic rings. The van der Waals surface area contributed by atoms with E-state index < -0.39 is 0 Å². The SMILES string of the molecule is COc1ccc(SCC2COCCN2)c(C)c1. The molecule has 1 aromatic carbocycles. The Morgan fingerprint density at radius 1 is 1.53 bits per heavy atom. The quantitative estimate of drug-likeness (QED) is 0.832. The smallest absolute Gasteiger partial charge is 0.119 e. The standard InChI is InChI=1S/C13H19NO2S/c1-10-7-12(15-2)3-4-13(10)17-9-11-8-16-6-5-14-11/h3-4,7,11,14H,5-6,8-9H2,1-2H3. The predicted octanol–water partition coefficient (Wildman–Crippen LogP) is 2.08. The van der Waals surface area contributed by atoms with E-state index in [9.17, 15) is 0 Å². The Morgan fingerprint density at radius 3 is 3.06 bits per heavy atom. The fourth-order valence-electron chi connectivity index (χ4n) is 1.83. The Morgan fingerprint density at radius 2 is 2.41 bits per heavy atom. The van der Waals surface area contributed by atoms with Crippen molar-refractivity contribution in [2.75, 3.05) is 32.6 Å². The molecule has 3 nitrogen and oxygen atoms in total. The van der Waals surface area contributed by atoms with E-state index in [1.807, 2.05) is 17.8 Å². The minimum absolute atomic E-state index is 0.468. The van der Waals surface area contributed by atoms with Gasteiger partial charge in [-0.25, -0.2) is 0 Å². The molecule has 0 aromatic heterocycles. The molecule has 0 amide bonds. The van der Waals surface area contributed by atoms with Gasteiger partial charge in [0.05, 0.1) is 20.3 Å². The lowest BCUT2D eigenvalue weighted by molar-refractivity contribution is 0.0837. The number of benzene rings is 1. The van der Waals surface area contributed by atoms with Gasteiger partial charge in [0.1, 0.15) is 5.75 Å². The normalized spacial score (nSPS) is 20.2. The second kappa shape index (κ2) is 6.28. The van der Waals surface area contributed by atoms with Crippen molar-refractivity contribution in [3.8, 4) is 5.75 Å². The van der Waals surface area contributed by atoms with Gasteiger partial charge in [-0.2, -0.15) is 0 Å². The van der Waals surface area contributed by atoms with Crippen molar-refractivity contribution in [3.05, 3.63) is 23.8 Å². The van der Waals surface area contributed by atoms with Crippen LogP contribution < -0.4 is 10.1 Å². The van der Waals surface area contributed by atoms with Crippen LogP contribution in [0, 0.1) is 6.92 Å². The minimum Gasteiger partial charge on any atom is -0.497 e. The molecule has 1 atom stereocenters. The number of aryl methyl sites for hydroxylation is 1. The number of ether oxygens (including phenoxy) is 2. The second-order valence-electron chi connectivity index (χ2n) is 4.17. The molecule has 4 heteroatoms. The van der Waals surface area contributed by atoms with Crippen molar-refractivity contribution in [1.82, 2.24) is 5.32 Å². The molecule has 1 saturated heterocycles. The summed E-state index contributed by atoms with van der Waals surface area (Å²) in [5.41, 5.74) is 1.27. The van der Waals surface area contributed by atoms with Crippen molar-refractivity contribution in [1.29, 1.82) is 0 Å². The summed E-state index contributed by atoms with van der Waals surface area (Å²) >= 11 is 1.87. The first-order chi connectivity index (χ1) is 8.29. The number of hydrogen-bond donors (Lipinski definition) is 1. The van der Waals surface area contributed by atoms with Crippen LogP contribution in [0.4, 0.5) is 0 Å². The van der Waals surface area contributed by atoms with Gasteiger partial charge in [-0.3, -0.25) is 0 Å². The van der Waals surface area contributed by atoms with Crippen LogP contribution in [0.5, 0.6) is 5.75 Å². The van der Waals surface area contributed by atoms with Crippen molar-refractivity contribution < 1.29 is 9.47 Å². The maximum Gasteiger partial charge on any atom is 0.119 e. The zero-order valence-electron chi connectivity index (χ0n) is 10.4. The monoisotopic (exact) mass is 253 g/mol. The summed E-state index contributed by atoms with van der Waals surface area (Å²) in [7, 11) is 1.70. The Hall–Kier alpha value is -0.710. The second-order valence-corrected chi connectivity index (χ2v) is 5.23. The van der Waals surface area contributed by atoms with Gasteiger partial charge in [-0.15, -0.1) is 11.8 Å². The van der Waals surface area contributed by atoms with Crippen LogP contribution in [0.1, 0.15) is 5.56 Å². The number of hydrogen-bond acceptors (Lipinski definition) is 4. The number of methoxy groups -OCH3 is 1. The average molecular weight is 253 g/mol. The summed E-state index contributed by atoms with van der Waals surface area (Å²) in [5, 5.41) is 3.46. The van der Waals surface area contributed by atoms with Crippen LogP contribution in [-0.2, 0) is 4.74 Å². The summed E-state index contributed by atoms with van der Waals surface area (Å²) in [5.74, 6) is 1.97. The molecule has 0 bridgehead atoms. The predicted molar refractivity (Wildman–Crippen MR) is 71.1 cm³/mol. The van der Waals surface area contributed by atoms with E-state index in [0.29, 0.717) is 6.04 Å². The third-order valence-electron chi connectivity index (χ3n) is 2.82. The maximum atomic E-state index is 5.44. The molecular weight excluding hydrogens is 234 g/mol. The molecule has 1 fully saturated rings. The van der Waals surface area contributed by atoms with E-state index in [1.165, 1.54) is 10.5 Å². The average Bonchev–Trinajstić information content (AvgIpc) is 2.38. The Kier molecular flexibility index (Phi) is 4.71. The highest BCUT2D eigenvalue weighted by atomic mass is 32.2. The largest absolute Gasteiger partial charge is 0.497 e. The van der Waals surface area contributed by atoms with Gasteiger partial charge in [0, 0.05) is 23.2 Å². The Balaban J connectivity index is 1.89. The van der Waals surface area contributed by atoms with Crippen molar-refractivity contribution in [2.45, 2.75) is 17.9 Å². The first-order valence-corrected chi connectivity index (χ1v) is 6.86. The van der Waals surface area contributed by atoms with Crippen LogP contribution in [0.25, 0.3) is 0 Å². The summed E-state index contributed by atoms with van der Waals surface area (Å²) in [6, 6.07) is 6.69. The summed E-state index contributed by atoms with van der Waals surface area (Å²) in [6.45, 7) is 4.74. The highest BCUT2D eigenvalue weighted by Gasteiger charge is 2.13. The van der Waals surface area contributed by atoms with Crippen LogP contribution in [-0.4, -0.2) is 38.7 Å². The molecule has 1 heterocycles. The lowest BCUT2D eigenvalue weighted by atomic mass is 10.2. The number of rotatable bonds is 4. The van der Waals surface area contributed by atoms with Crippen LogP contribution in [0.3, 0.4) is 0 Å². The van der Waals surface area contributed by atoms with E-state index in [1.54, 1.807) is 7.11 Å². The maximum absolute atomic E-state index is 5.44. The van der Waals surface area contributed by atoms with E-state index in [4.69, 9.17) is 9.47 Å². The van der Waals surface area contributed by atoms with E-state index in [-0.39, 0.29) is 0 Å². The molecule has 17 heavy (non-hydrogen) atoms. The summed E-state index contributed by atoms with van der Waals surface area (Å²) in [6.07, 6.45) is 0. The molecule has 1 aromatic rings. The molecule has 94 valence electrons. The van der Waals surface area contributed by atoms with Gasteiger partial charge < -0.3 is 14.8 Å². The highest BCUT2D eigenvalue weighted by molar-refractivity contribution is 7.99. The lowest BCUT2D eigenvalue weighted by Gasteiger charge is -2.23. The van der Waals surface area contributed by atoms with Crippen LogP contribution in [0.15, 0.2) is 23.1 Å². The lowest BCUT2D eigenvalue weighted by Crippen LogP contribution is -2.42. The Bertz CT molecular complexity index is 364. The van der Waals surface area contributed by atoms with Crippen molar-refractivity contribution in [3.63, 3.8) is 0 Å². The third kappa shape index (κ3) is 3.63. The van der Waals surface area contributed by atoms with Gasteiger partial charge in [0.25, 0.3) is 0 Å². The molecule has 1 unspecified atom stereocenters. The molecule has 0 spiro atoms. The van der Waals surface area contributed by atoms with E-state index in [2.05, 4.69) is 24.4 Å². The van der Waals surface area contributed by atoms with Gasteiger partial charge in [0.2, 0.25) is 0 Å². The molecule has 0 saturated carbocycles. The fraction of sp³-hybridized carbons (Fsp3) is 0.538. The zero-order valence-corrected chi connectivity index (χ0v) is 11.2. The first kappa shape index (κ1) is 12.7. The van der Waals surface area contributed by atoms with Crippen molar-refractivity contribution in [2.24, 2.45) is 0 Å². The molecule has 1 N–H and O–H groups in total. The highest BCUT2D eigenvalue weighted by Crippen LogP contribution is 2.26. The number of morpholine rings is 1. The van der Waals surface area contributed by atoms with Gasteiger partial charge >= 0.3 is 0 Å². The number of thioether (sulfide) groups is 1. The molecule has 0 aliphatic carbocycles. The van der Waals surface area contributed by atoms with Gasteiger partial charge in [0.15, 0.2) is 0 Å². The third-order valence-corrected chi connectivity index (χ3v) is 4.16. The molecule has 1 aliphatic heterocycles. The topological polar surface area (TPSA) is 30.5 Å². The molecule has 0 radical (unpaired) electrons. The number of nitrogens with one attached hydrogen (secondary N) is 1. The minimum atomic E-state index is 0.468. The van der Waals surface area contributed by atoms with E-state index >= 15 is 0 Å². The Labute approximate surface area is 107 Å². The van der Waals surface area contributed by atoms with Crippen LogP contribution in [0.2, 0.25) is 0 Å². The zero-order chi connectivity index (χ0) is 12.1. The fourth-order valence-corrected chi connectivity index (χ4v) is 2.87. The molecule has 2 rings (SSSR count). The van der Waals surface area contributed by atoms with Gasteiger partial charge in [-0.1, -0.05) is 0 Å².